The van der Waals surface area contributed by atoms with Crippen LogP contribution >= 0.6 is 0 Å². The van der Waals surface area contributed by atoms with Gasteiger partial charge < -0.3 is 10.6 Å². The van der Waals surface area contributed by atoms with Gasteiger partial charge in [0.25, 0.3) is 0 Å². The van der Waals surface area contributed by atoms with E-state index in [0.717, 1.165) is 12.2 Å². The summed E-state index contributed by atoms with van der Waals surface area (Å²) >= 11 is 0. The molecule has 1 rings (SSSR count). The second-order valence-electron chi connectivity index (χ2n) is 5.08. The van der Waals surface area contributed by atoms with Gasteiger partial charge >= 0.3 is 0 Å². The molecule has 0 fully saturated rings. The zero-order valence-corrected chi connectivity index (χ0v) is 10.2. The molecule has 3 heteroatoms. The number of hydrogen-bond acceptors (Lipinski definition) is 2. The van der Waals surface area contributed by atoms with Crippen molar-refractivity contribution in [3.63, 3.8) is 0 Å². The molecule has 0 unspecified atom stereocenters. The maximum Gasteiger partial charge on any atom is 0.238 e. The molecule has 0 atom stereocenters. The lowest BCUT2D eigenvalue weighted by Crippen LogP contribution is -2.33. The minimum Gasteiger partial charge on any atom is -0.325 e. The minimum absolute atomic E-state index is 0.00421. The number of anilines is 1. The van der Waals surface area contributed by atoms with E-state index < -0.39 is 0 Å². The Labute approximate surface area is 97.2 Å². The van der Waals surface area contributed by atoms with Gasteiger partial charge in [-0.05, 0) is 17.5 Å². The third-order valence-electron chi connectivity index (χ3n) is 2.00. The van der Waals surface area contributed by atoms with E-state index in [1.807, 2.05) is 30.3 Å². The topological polar surface area (TPSA) is 41.1 Å². The van der Waals surface area contributed by atoms with Crippen LogP contribution in [-0.2, 0) is 4.79 Å². The summed E-state index contributed by atoms with van der Waals surface area (Å²) in [6.45, 7) is 7.58. The molecule has 88 valence electrons. The van der Waals surface area contributed by atoms with Crippen LogP contribution in [0.1, 0.15) is 20.8 Å². The molecule has 0 spiro atoms. The summed E-state index contributed by atoms with van der Waals surface area (Å²) in [5, 5.41) is 5.96. The Kier molecular flexibility index (Phi) is 4.50. The first-order valence-electron chi connectivity index (χ1n) is 5.53. The van der Waals surface area contributed by atoms with Gasteiger partial charge in [0.1, 0.15) is 0 Å². The van der Waals surface area contributed by atoms with Crippen molar-refractivity contribution < 1.29 is 4.79 Å². The summed E-state index contributed by atoms with van der Waals surface area (Å²) in [6.07, 6.45) is 0. The molecule has 0 aliphatic heterocycles. The molecule has 0 aliphatic carbocycles. The second-order valence-corrected chi connectivity index (χ2v) is 5.08. The standard InChI is InChI=1S/C13H20N2O/c1-13(2,3)10-14-9-12(16)15-11-7-5-4-6-8-11/h4-8,14H,9-10H2,1-3H3,(H,15,16). The number of amides is 1. The highest BCUT2D eigenvalue weighted by Crippen LogP contribution is 2.10. The van der Waals surface area contributed by atoms with E-state index in [1.165, 1.54) is 0 Å². The molecule has 0 bridgehead atoms. The lowest BCUT2D eigenvalue weighted by molar-refractivity contribution is -0.115. The monoisotopic (exact) mass is 220 g/mol. The molecule has 2 N–H and O–H groups in total. The highest BCUT2D eigenvalue weighted by Gasteiger charge is 2.10. The summed E-state index contributed by atoms with van der Waals surface area (Å²) in [5.41, 5.74) is 1.04. The van der Waals surface area contributed by atoms with Crippen molar-refractivity contribution in [2.24, 2.45) is 5.41 Å². The zero-order valence-electron chi connectivity index (χ0n) is 10.2. The van der Waals surface area contributed by atoms with Crippen molar-refractivity contribution in [1.82, 2.24) is 5.32 Å². The first-order chi connectivity index (χ1) is 7.47. The molecule has 0 saturated carbocycles. The minimum atomic E-state index is -0.00421. The lowest BCUT2D eigenvalue weighted by atomic mass is 9.97. The first-order valence-corrected chi connectivity index (χ1v) is 5.53. The van der Waals surface area contributed by atoms with E-state index >= 15 is 0 Å². The van der Waals surface area contributed by atoms with Gasteiger partial charge in [0.2, 0.25) is 5.91 Å². The number of hydrogen-bond donors (Lipinski definition) is 2. The first kappa shape index (κ1) is 12.7. The van der Waals surface area contributed by atoms with Crippen molar-refractivity contribution in [3.8, 4) is 0 Å². The molecule has 3 nitrogen and oxygen atoms in total. The summed E-state index contributed by atoms with van der Waals surface area (Å²) < 4.78 is 0. The molecule has 0 heterocycles. The fourth-order valence-electron chi connectivity index (χ4n) is 1.28. The van der Waals surface area contributed by atoms with Gasteiger partial charge in [0.05, 0.1) is 6.54 Å². The van der Waals surface area contributed by atoms with Crippen molar-refractivity contribution >= 4 is 11.6 Å². The Bertz CT molecular complexity index is 328. The van der Waals surface area contributed by atoms with Gasteiger partial charge in [0, 0.05) is 12.2 Å². The maximum absolute atomic E-state index is 11.5. The second kappa shape index (κ2) is 5.66. The predicted octanol–water partition coefficient (Wildman–Crippen LogP) is 2.26. The van der Waals surface area contributed by atoms with Crippen molar-refractivity contribution in [2.75, 3.05) is 18.4 Å². The summed E-state index contributed by atoms with van der Waals surface area (Å²) in [7, 11) is 0. The maximum atomic E-state index is 11.5. The van der Waals surface area contributed by atoms with Crippen LogP contribution < -0.4 is 10.6 Å². The van der Waals surface area contributed by atoms with E-state index in [9.17, 15) is 4.79 Å². The number of benzene rings is 1. The highest BCUT2D eigenvalue weighted by atomic mass is 16.1. The van der Waals surface area contributed by atoms with Gasteiger partial charge in [-0.2, -0.15) is 0 Å². The SMILES string of the molecule is CC(C)(C)CNCC(=O)Nc1ccccc1. The number of rotatable bonds is 4. The van der Waals surface area contributed by atoms with Crippen LogP contribution in [0.15, 0.2) is 30.3 Å². The Balaban J connectivity index is 2.27. The summed E-state index contributed by atoms with van der Waals surface area (Å²) in [5.74, 6) is -0.00421. The average Bonchev–Trinajstić information content (AvgIpc) is 2.17. The Morgan fingerprint density at radius 3 is 2.38 bits per heavy atom. The quantitative estimate of drug-likeness (QED) is 0.817. The van der Waals surface area contributed by atoms with E-state index in [2.05, 4.69) is 31.4 Å². The van der Waals surface area contributed by atoms with E-state index in [4.69, 9.17) is 0 Å². The predicted molar refractivity (Wildman–Crippen MR) is 67.4 cm³/mol. The summed E-state index contributed by atoms with van der Waals surface area (Å²) in [6, 6.07) is 9.48. The fourth-order valence-corrected chi connectivity index (χ4v) is 1.28. The molecule has 1 aromatic carbocycles. The van der Waals surface area contributed by atoms with Crippen LogP contribution in [0, 0.1) is 5.41 Å². The Hall–Kier alpha value is -1.35. The summed E-state index contributed by atoms with van der Waals surface area (Å²) in [4.78, 5) is 11.5. The smallest absolute Gasteiger partial charge is 0.238 e. The number of para-hydroxylation sites is 1. The number of carbonyl (C=O) groups is 1. The van der Waals surface area contributed by atoms with Crippen LogP contribution in [0.3, 0.4) is 0 Å². The van der Waals surface area contributed by atoms with Gasteiger partial charge in [-0.15, -0.1) is 0 Å². The molecular formula is C13H20N2O. The average molecular weight is 220 g/mol. The molecule has 0 radical (unpaired) electrons. The Morgan fingerprint density at radius 1 is 1.19 bits per heavy atom. The van der Waals surface area contributed by atoms with Crippen molar-refractivity contribution in [2.45, 2.75) is 20.8 Å². The molecule has 16 heavy (non-hydrogen) atoms. The number of nitrogens with one attached hydrogen (secondary N) is 2. The van der Waals surface area contributed by atoms with Crippen LogP contribution in [-0.4, -0.2) is 19.0 Å². The number of carbonyl (C=O) groups excluding carboxylic acids is 1. The van der Waals surface area contributed by atoms with Crippen LogP contribution in [0.2, 0.25) is 0 Å². The highest BCUT2D eigenvalue weighted by molar-refractivity contribution is 5.92. The molecule has 0 aliphatic rings. The Morgan fingerprint density at radius 2 is 1.81 bits per heavy atom. The normalized spacial score (nSPS) is 11.2. The van der Waals surface area contributed by atoms with Crippen molar-refractivity contribution in [1.29, 1.82) is 0 Å². The van der Waals surface area contributed by atoms with Gasteiger partial charge in [-0.1, -0.05) is 39.0 Å². The van der Waals surface area contributed by atoms with Crippen LogP contribution in [0.25, 0.3) is 0 Å². The van der Waals surface area contributed by atoms with Gasteiger partial charge in [-0.3, -0.25) is 4.79 Å². The van der Waals surface area contributed by atoms with Gasteiger partial charge in [-0.25, -0.2) is 0 Å². The van der Waals surface area contributed by atoms with E-state index in [0.29, 0.717) is 6.54 Å². The zero-order chi connectivity index (χ0) is 12.0. The fraction of sp³-hybridized carbons (Fsp3) is 0.462. The lowest BCUT2D eigenvalue weighted by Gasteiger charge is -2.18. The van der Waals surface area contributed by atoms with E-state index in [-0.39, 0.29) is 11.3 Å². The van der Waals surface area contributed by atoms with Crippen LogP contribution in [0.5, 0.6) is 0 Å². The molecule has 0 aromatic heterocycles. The molecular weight excluding hydrogens is 200 g/mol. The van der Waals surface area contributed by atoms with Crippen molar-refractivity contribution in [3.05, 3.63) is 30.3 Å². The van der Waals surface area contributed by atoms with Crippen LogP contribution in [0.4, 0.5) is 5.69 Å². The molecule has 1 aromatic rings. The van der Waals surface area contributed by atoms with E-state index in [1.54, 1.807) is 0 Å². The molecule has 0 saturated heterocycles. The third-order valence-corrected chi connectivity index (χ3v) is 2.00. The third kappa shape index (κ3) is 5.51. The largest absolute Gasteiger partial charge is 0.325 e. The van der Waals surface area contributed by atoms with Gasteiger partial charge in [0.15, 0.2) is 0 Å². The molecule has 1 amide bonds.